The predicted molar refractivity (Wildman–Crippen MR) is 100 cm³/mol. The molecule has 2 aromatic carbocycles. The zero-order valence-electron chi connectivity index (χ0n) is 14.9. The Morgan fingerprint density at radius 3 is 2.52 bits per heavy atom. The Hall–Kier alpha value is -2.95. The van der Waals surface area contributed by atoms with Crippen LogP contribution in [0.25, 0.3) is 11.0 Å². The molecule has 5 heteroatoms. The van der Waals surface area contributed by atoms with Gasteiger partial charge < -0.3 is 9.32 Å². The lowest BCUT2D eigenvalue weighted by molar-refractivity contribution is -0.139. The summed E-state index contributed by atoms with van der Waals surface area (Å²) in [7, 11) is 0. The Labute approximate surface area is 156 Å². The molecule has 0 spiro atoms. The van der Waals surface area contributed by atoms with E-state index in [0.717, 1.165) is 24.8 Å². The van der Waals surface area contributed by atoms with Crippen molar-refractivity contribution in [3.63, 3.8) is 0 Å². The number of fused-ring (bicyclic) bond motifs is 1. The van der Waals surface area contributed by atoms with Gasteiger partial charge in [0.15, 0.2) is 5.43 Å². The third-order valence-corrected chi connectivity index (χ3v) is 5.17. The molecule has 4 rings (SSSR count). The number of amides is 1. The van der Waals surface area contributed by atoms with E-state index in [4.69, 9.17) is 4.42 Å². The molecule has 0 atom stereocenters. The number of hydrogen-bond donors (Lipinski definition) is 0. The molecule has 0 aliphatic heterocycles. The van der Waals surface area contributed by atoms with Crippen molar-refractivity contribution >= 4 is 16.9 Å². The second kappa shape index (κ2) is 7.35. The Kier molecular flexibility index (Phi) is 4.75. The average Bonchev–Trinajstić information content (AvgIpc) is 2.63. The number of hydrogen-bond acceptors (Lipinski definition) is 3. The van der Waals surface area contributed by atoms with Crippen LogP contribution in [0.2, 0.25) is 0 Å². The maximum Gasteiger partial charge on any atom is 0.226 e. The Morgan fingerprint density at radius 1 is 1.07 bits per heavy atom. The van der Waals surface area contributed by atoms with Crippen molar-refractivity contribution in [2.45, 2.75) is 32.4 Å². The van der Waals surface area contributed by atoms with Gasteiger partial charge in [-0.05, 0) is 42.7 Å². The standard InChI is InChI=1S/C22H20FNO3/c23-18-10-8-15(9-11-18)12-24(22(26)16-4-3-5-16)13-17-14-27-20-7-2-1-6-19(20)21(17)25/h1-2,6-11,14,16H,3-5,12-13H2. The van der Waals surface area contributed by atoms with Gasteiger partial charge in [-0.3, -0.25) is 9.59 Å². The lowest BCUT2D eigenvalue weighted by Gasteiger charge is -2.31. The van der Waals surface area contributed by atoms with Crippen LogP contribution in [0.5, 0.6) is 0 Å². The van der Waals surface area contributed by atoms with E-state index in [0.29, 0.717) is 23.1 Å². The van der Waals surface area contributed by atoms with Crippen molar-refractivity contribution in [3.05, 3.63) is 82.0 Å². The van der Waals surface area contributed by atoms with E-state index in [1.54, 1.807) is 35.2 Å². The molecule has 0 bridgehead atoms. The minimum Gasteiger partial charge on any atom is -0.464 e. The Bertz CT molecular complexity index is 1020. The fourth-order valence-electron chi connectivity index (χ4n) is 3.37. The number of nitrogens with zero attached hydrogens (tertiary/aromatic N) is 1. The summed E-state index contributed by atoms with van der Waals surface area (Å²) in [6, 6.07) is 13.2. The SMILES string of the molecule is O=C(C1CCC1)N(Cc1ccc(F)cc1)Cc1coc2ccccc2c1=O. The summed E-state index contributed by atoms with van der Waals surface area (Å²) >= 11 is 0. The van der Waals surface area contributed by atoms with Crippen LogP contribution >= 0.6 is 0 Å². The highest BCUT2D eigenvalue weighted by Gasteiger charge is 2.30. The van der Waals surface area contributed by atoms with Gasteiger partial charge in [0.05, 0.1) is 23.8 Å². The maximum atomic E-state index is 13.2. The van der Waals surface area contributed by atoms with Gasteiger partial charge in [0, 0.05) is 12.5 Å². The first-order chi connectivity index (χ1) is 13.1. The van der Waals surface area contributed by atoms with Crippen molar-refractivity contribution in [2.24, 2.45) is 5.92 Å². The molecule has 1 aliphatic carbocycles. The minimum atomic E-state index is -0.314. The largest absolute Gasteiger partial charge is 0.464 e. The fourth-order valence-corrected chi connectivity index (χ4v) is 3.37. The molecule has 3 aromatic rings. The van der Waals surface area contributed by atoms with Gasteiger partial charge in [-0.1, -0.05) is 30.7 Å². The highest BCUT2D eigenvalue weighted by Crippen LogP contribution is 2.29. The first-order valence-corrected chi connectivity index (χ1v) is 9.14. The van der Waals surface area contributed by atoms with Gasteiger partial charge in [-0.2, -0.15) is 0 Å². The first kappa shape index (κ1) is 17.5. The summed E-state index contributed by atoms with van der Waals surface area (Å²) in [5.74, 6) is -0.262. The van der Waals surface area contributed by atoms with Crippen LogP contribution in [0, 0.1) is 11.7 Å². The maximum absolute atomic E-state index is 13.2. The highest BCUT2D eigenvalue weighted by molar-refractivity contribution is 5.80. The van der Waals surface area contributed by atoms with E-state index >= 15 is 0 Å². The van der Waals surface area contributed by atoms with E-state index in [1.165, 1.54) is 18.4 Å². The normalized spacial score (nSPS) is 14.1. The molecule has 1 heterocycles. The second-order valence-electron chi connectivity index (χ2n) is 7.03. The van der Waals surface area contributed by atoms with E-state index in [2.05, 4.69) is 0 Å². The van der Waals surface area contributed by atoms with Crippen LogP contribution in [-0.2, 0) is 17.9 Å². The molecule has 1 fully saturated rings. The van der Waals surface area contributed by atoms with Crippen LogP contribution in [-0.4, -0.2) is 10.8 Å². The quantitative estimate of drug-likeness (QED) is 0.679. The zero-order valence-corrected chi connectivity index (χ0v) is 14.9. The van der Waals surface area contributed by atoms with Crippen molar-refractivity contribution in [1.82, 2.24) is 4.90 Å². The van der Waals surface area contributed by atoms with Gasteiger partial charge in [-0.25, -0.2) is 4.39 Å². The van der Waals surface area contributed by atoms with Crippen molar-refractivity contribution in [2.75, 3.05) is 0 Å². The summed E-state index contributed by atoms with van der Waals surface area (Å²) in [6.07, 6.45) is 4.26. The van der Waals surface area contributed by atoms with Gasteiger partial charge >= 0.3 is 0 Å². The van der Waals surface area contributed by atoms with Crippen molar-refractivity contribution < 1.29 is 13.6 Å². The van der Waals surface area contributed by atoms with Gasteiger partial charge in [0.1, 0.15) is 11.4 Å². The number of carbonyl (C=O) groups is 1. The molecule has 4 nitrogen and oxygen atoms in total. The molecule has 27 heavy (non-hydrogen) atoms. The third kappa shape index (κ3) is 3.63. The number of benzene rings is 2. The molecule has 0 saturated heterocycles. The molecule has 1 aromatic heterocycles. The monoisotopic (exact) mass is 365 g/mol. The second-order valence-corrected chi connectivity index (χ2v) is 7.03. The molecule has 1 amide bonds. The number of rotatable bonds is 5. The van der Waals surface area contributed by atoms with E-state index < -0.39 is 0 Å². The minimum absolute atomic E-state index is 0.0120. The topological polar surface area (TPSA) is 50.5 Å². The molecule has 0 N–H and O–H groups in total. The zero-order chi connectivity index (χ0) is 18.8. The molecule has 0 radical (unpaired) electrons. The molecule has 0 unspecified atom stereocenters. The van der Waals surface area contributed by atoms with Crippen molar-refractivity contribution in [3.8, 4) is 0 Å². The summed E-state index contributed by atoms with van der Waals surface area (Å²) in [5, 5.41) is 0.507. The van der Waals surface area contributed by atoms with E-state index in [-0.39, 0.29) is 29.6 Å². The Morgan fingerprint density at radius 2 is 1.81 bits per heavy atom. The first-order valence-electron chi connectivity index (χ1n) is 9.14. The van der Waals surface area contributed by atoms with E-state index in [1.807, 2.05) is 6.07 Å². The average molecular weight is 365 g/mol. The van der Waals surface area contributed by atoms with Crippen LogP contribution in [0.3, 0.4) is 0 Å². The van der Waals surface area contributed by atoms with E-state index in [9.17, 15) is 14.0 Å². The number of para-hydroxylation sites is 1. The van der Waals surface area contributed by atoms with Gasteiger partial charge in [-0.15, -0.1) is 0 Å². The van der Waals surface area contributed by atoms with Crippen LogP contribution in [0.1, 0.15) is 30.4 Å². The summed E-state index contributed by atoms with van der Waals surface area (Å²) in [6.45, 7) is 0.516. The molecular weight excluding hydrogens is 345 g/mol. The van der Waals surface area contributed by atoms with Crippen LogP contribution in [0.15, 0.2) is 64.0 Å². The number of halogens is 1. The van der Waals surface area contributed by atoms with Gasteiger partial charge in [0.25, 0.3) is 0 Å². The van der Waals surface area contributed by atoms with Crippen molar-refractivity contribution in [1.29, 1.82) is 0 Å². The smallest absolute Gasteiger partial charge is 0.226 e. The lowest BCUT2D eigenvalue weighted by atomic mass is 9.84. The van der Waals surface area contributed by atoms with Crippen LogP contribution < -0.4 is 5.43 Å². The molecule has 1 aliphatic rings. The predicted octanol–water partition coefficient (Wildman–Crippen LogP) is 4.26. The van der Waals surface area contributed by atoms with Gasteiger partial charge in [0.2, 0.25) is 5.91 Å². The molecule has 1 saturated carbocycles. The number of carbonyl (C=O) groups excluding carboxylic acids is 1. The molecular formula is C22H20FNO3. The summed E-state index contributed by atoms with van der Waals surface area (Å²) in [5.41, 5.74) is 1.68. The Balaban J connectivity index is 1.64. The fraction of sp³-hybridized carbons (Fsp3) is 0.273. The van der Waals surface area contributed by atoms with Crippen LogP contribution in [0.4, 0.5) is 4.39 Å². The lowest BCUT2D eigenvalue weighted by Crippen LogP contribution is -2.39. The summed E-state index contributed by atoms with van der Waals surface area (Å²) < 4.78 is 18.8. The third-order valence-electron chi connectivity index (χ3n) is 5.17. The molecule has 138 valence electrons. The summed E-state index contributed by atoms with van der Waals surface area (Å²) in [4.78, 5) is 27.4. The highest BCUT2D eigenvalue weighted by atomic mass is 19.1.